The third kappa shape index (κ3) is 1.44. The highest BCUT2D eigenvalue weighted by Gasteiger charge is 2.14. The largest absolute Gasteiger partial charge is 0.396 e. The third-order valence-electron chi connectivity index (χ3n) is 1.12. The summed E-state index contributed by atoms with van der Waals surface area (Å²) in [5.74, 6) is -0.381. The van der Waals surface area contributed by atoms with Crippen LogP contribution in [-0.4, -0.2) is 23.3 Å². The van der Waals surface area contributed by atoms with Gasteiger partial charge in [-0.05, 0) is 18.1 Å². The lowest BCUT2D eigenvalue weighted by Gasteiger charge is -1.90. The van der Waals surface area contributed by atoms with Crippen molar-refractivity contribution in [1.82, 2.24) is 0 Å². The van der Waals surface area contributed by atoms with Crippen LogP contribution in [0.25, 0.3) is 0 Å². The Morgan fingerprint density at radius 1 is 1.50 bits per heavy atom. The Morgan fingerprint density at radius 2 is 2.30 bits per heavy atom. The zero-order chi connectivity index (χ0) is 7.40. The van der Waals surface area contributed by atoms with Gasteiger partial charge in [0.05, 0.1) is 0 Å². The van der Waals surface area contributed by atoms with Gasteiger partial charge < -0.3 is 5.11 Å². The molecule has 5 heteroatoms. The van der Waals surface area contributed by atoms with E-state index in [1.807, 2.05) is 0 Å². The number of carbonyl (C=O) groups is 1. The van der Waals surface area contributed by atoms with E-state index in [1.54, 1.807) is 0 Å². The molecular weight excluding hydrogens is 134 g/mol. The molecule has 0 saturated carbocycles. The van der Waals surface area contributed by atoms with Crippen molar-refractivity contribution in [2.24, 2.45) is 15.4 Å². The first-order valence-electron chi connectivity index (χ1n) is 2.97. The van der Waals surface area contributed by atoms with Crippen molar-refractivity contribution < 1.29 is 9.90 Å². The first kappa shape index (κ1) is 7.01. The molecule has 0 atom stereocenters. The number of hydrogen-bond donors (Lipinski definition) is 1. The van der Waals surface area contributed by atoms with E-state index >= 15 is 0 Å². The van der Waals surface area contributed by atoms with Crippen LogP contribution in [-0.2, 0) is 4.79 Å². The smallest absolute Gasteiger partial charge is 0.313 e. The number of carbonyl (C=O) groups excluding carboxylic acids is 1. The summed E-state index contributed by atoms with van der Waals surface area (Å²) in [4.78, 5) is 10.6. The van der Waals surface area contributed by atoms with Gasteiger partial charge in [-0.25, -0.2) is 0 Å². The summed E-state index contributed by atoms with van der Waals surface area (Å²) >= 11 is 0. The Balaban J connectivity index is 2.37. The highest BCUT2D eigenvalue weighted by Crippen LogP contribution is 2.02. The van der Waals surface area contributed by atoms with Crippen molar-refractivity contribution in [3.05, 3.63) is 0 Å². The minimum Gasteiger partial charge on any atom is -0.396 e. The second-order valence-electron chi connectivity index (χ2n) is 1.87. The molecule has 1 N–H and O–H groups in total. The summed E-state index contributed by atoms with van der Waals surface area (Å²) < 4.78 is 0. The highest BCUT2D eigenvalue weighted by atomic mass is 16.3. The van der Waals surface area contributed by atoms with E-state index in [2.05, 4.69) is 15.4 Å². The van der Waals surface area contributed by atoms with Gasteiger partial charge in [0.15, 0.2) is 0 Å². The Kier molecular flexibility index (Phi) is 2.22. The second-order valence-corrected chi connectivity index (χ2v) is 1.87. The second kappa shape index (κ2) is 3.17. The molecule has 0 aromatic heterocycles. The van der Waals surface area contributed by atoms with E-state index in [0.29, 0.717) is 18.6 Å². The fourth-order valence-corrected chi connectivity index (χ4v) is 0.621. The number of aliphatic hydroxyl groups is 1. The average molecular weight is 141 g/mol. The quantitative estimate of drug-likeness (QED) is 0.605. The Hall–Kier alpha value is -1.10. The molecule has 0 unspecified atom stereocenters. The van der Waals surface area contributed by atoms with E-state index < -0.39 is 0 Å². The molecule has 0 aromatic rings. The summed E-state index contributed by atoms with van der Waals surface area (Å²) in [5, 5.41) is 18.2. The molecule has 0 saturated heterocycles. The Bertz CT molecular complexity index is 197. The predicted molar refractivity (Wildman–Crippen MR) is 33.6 cm³/mol. The minimum absolute atomic E-state index is 0.0618. The maximum Gasteiger partial charge on any atom is 0.313 e. The van der Waals surface area contributed by atoms with Gasteiger partial charge in [0.25, 0.3) is 0 Å². The van der Waals surface area contributed by atoms with Crippen molar-refractivity contribution >= 4 is 11.6 Å². The van der Waals surface area contributed by atoms with E-state index in [9.17, 15) is 4.79 Å². The van der Waals surface area contributed by atoms with E-state index in [4.69, 9.17) is 5.11 Å². The molecule has 10 heavy (non-hydrogen) atoms. The fraction of sp³-hybridized carbons (Fsp3) is 0.600. The normalized spacial score (nSPS) is 16.1. The third-order valence-corrected chi connectivity index (χ3v) is 1.12. The maximum atomic E-state index is 10.6. The van der Waals surface area contributed by atoms with E-state index in [0.717, 1.165) is 0 Å². The van der Waals surface area contributed by atoms with E-state index in [-0.39, 0.29) is 12.5 Å². The molecule has 1 heterocycles. The molecule has 0 bridgehead atoms. The van der Waals surface area contributed by atoms with Crippen LogP contribution < -0.4 is 0 Å². The van der Waals surface area contributed by atoms with Crippen molar-refractivity contribution in [3.63, 3.8) is 0 Å². The molecule has 0 aromatic carbocycles. The maximum absolute atomic E-state index is 10.6. The van der Waals surface area contributed by atoms with E-state index in [1.165, 1.54) is 0 Å². The average Bonchev–Trinajstić information content (AvgIpc) is 2.31. The molecule has 0 radical (unpaired) electrons. The van der Waals surface area contributed by atoms with Crippen molar-refractivity contribution in [3.8, 4) is 0 Å². The molecule has 5 nitrogen and oxygen atoms in total. The molecule has 0 spiro atoms. The standard InChI is InChI=1S/C5H7N3O2/c9-3-1-2-4-5(10)7-8-6-4/h9H,1-3H2. The van der Waals surface area contributed by atoms with Gasteiger partial charge in [-0.15, -0.1) is 5.10 Å². The number of aliphatic hydroxyl groups excluding tert-OH is 1. The van der Waals surface area contributed by atoms with Crippen LogP contribution in [0, 0.1) is 0 Å². The summed E-state index contributed by atoms with van der Waals surface area (Å²) in [7, 11) is 0. The van der Waals surface area contributed by atoms with Gasteiger partial charge >= 0.3 is 5.91 Å². The molecular formula is C5H7N3O2. The van der Waals surface area contributed by atoms with Crippen molar-refractivity contribution in [2.45, 2.75) is 12.8 Å². The van der Waals surface area contributed by atoms with Gasteiger partial charge in [0.2, 0.25) is 0 Å². The Morgan fingerprint density at radius 3 is 2.80 bits per heavy atom. The number of hydrogen-bond acceptors (Lipinski definition) is 4. The minimum atomic E-state index is -0.381. The molecule has 1 aliphatic heterocycles. The molecule has 1 amide bonds. The zero-order valence-electron chi connectivity index (χ0n) is 5.32. The van der Waals surface area contributed by atoms with Crippen LogP contribution in [0.2, 0.25) is 0 Å². The van der Waals surface area contributed by atoms with Gasteiger partial charge in [-0.3, -0.25) is 4.79 Å². The van der Waals surface area contributed by atoms with Crippen molar-refractivity contribution in [2.75, 3.05) is 6.61 Å². The first-order valence-corrected chi connectivity index (χ1v) is 2.97. The fourth-order valence-electron chi connectivity index (χ4n) is 0.621. The topological polar surface area (TPSA) is 74.4 Å². The summed E-state index contributed by atoms with van der Waals surface area (Å²) in [6, 6.07) is 0. The lowest BCUT2D eigenvalue weighted by Crippen LogP contribution is -2.07. The lowest BCUT2D eigenvalue weighted by atomic mass is 10.2. The van der Waals surface area contributed by atoms with Crippen LogP contribution in [0.15, 0.2) is 15.4 Å². The van der Waals surface area contributed by atoms with Crippen molar-refractivity contribution in [1.29, 1.82) is 0 Å². The highest BCUT2D eigenvalue weighted by molar-refractivity contribution is 6.39. The lowest BCUT2D eigenvalue weighted by molar-refractivity contribution is -0.112. The summed E-state index contributed by atoms with van der Waals surface area (Å²) in [6.45, 7) is 0.0618. The number of rotatable bonds is 3. The van der Waals surface area contributed by atoms with Crippen LogP contribution in [0.1, 0.15) is 12.8 Å². The van der Waals surface area contributed by atoms with Gasteiger partial charge in [0.1, 0.15) is 5.71 Å². The molecule has 0 fully saturated rings. The summed E-state index contributed by atoms with van der Waals surface area (Å²) in [5.41, 5.74) is 0.342. The molecule has 0 aliphatic carbocycles. The monoisotopic (exact) mass is 141 g/mol. The Labute approximate surface area is 57.5 Å². The number of nitrogens with zero attached hydrogens (tertiary/aromatic N) is 3. The molecule has 1 rings (SSSR count). The molecule has 1 aliphatic rings. The first-order chi connectivity index (χ1) is 4.84. The van der Waals surface area contributed by atoms with Crippen LogP contribution in [0.3, 0.4) is 0 Å². The molecule has 54 valence electrons. The van der Waals surface area contributed by atoms with Crippen LogP contribution in [0.5, 0.6) is 0 Å². The van der Waals surface area contributed by atoms with Crippen LogP contribution >= 0.6 is 0 Å². The zero-order valence-corrected chi connectivity index (χ0v) is 5.32. The van der Waals surface area contributed by atoms with Gasteiger partial charge in [0, 0.05) is 6.61 Å². The van der Waals surface area contributed by atoms with Crippen LogP contribution in [0.4, 0.5) is 0 Å². The van der Waals surface area contributed by atoms with Gasteiger partial charge in [-0.2, -0.15) is 0 Å². The number of amides is 1. The SMILES string of the molecule is O=C1N=NN=C1CCCO. The predicted octanol–water partition coefficient (Wildman–Crippen LogP) is 0.107. The van der Waals surface area contributed by atoms with Gasteiger partial charge in [-0.1, -0.05) is 5.11 Å². The summed E-state index contributed by atoms with van der Waals surface area (Å²) in [6.07, 6.45) is 0.998.